The smallest absolute Gasteiger partial charge is 0.257 e. The molecule has 0 saturated heterocycles. The molecule has 2 aromatic carbocycles. The second kappa shape index (κ2) is 7.53. The third-order valence-electron chi connectivity index (χ3n) is 4.42. The van der Waals surface area contributed by atoms with Gasteiger partial charge >= 0.3 is 0 Å². The van der Waals surface area contributed by atoms with Crippen molar-refractivity contribution in [2.75, 3.05) is 19.5 Å². The van der Waals surface area contributed by atoms with E-state index in [2.05, 4.69) is 5.32 Å². The zero-order chi connectivity index (χ0) is 19.6. The molecule has 27 heavy (non-hydrogen) atoms. The van der Waals surface area contributed by atoms with Crippen molar-refractivity contribution in [3.63, 3.8) is 0 Å². The van der Waals surface area contributed by atoms with E-state index < -0.39 is 0 Å². The lowest BCUT2D eigenvalue weighted by molar-refractivity contribution is 0.102. The highest BCUT2D eigenvalue weighted by atomic mass is 19.1. The minimum atomic E-state index is -0.300. The van der Waals surface area contributed by atoms with E-state index in [1.54, 1.807) is 37.4 Å². The molecule has 1 amide bonds. The van der Waals surface area contributed by atoms with Crippen LogP contribution in [0, 0.1) is 19.7 Å². The van der Waals surface area contributed by atoms with Gasteiger partial charge in [-0.25, -0.2) is 4.39 Å². The molecule has 5 nitrogen and oxygen atoms in total. The number of methoxy groups -OCH3 is 2. The highest BCUT2D eigenvalue weighted by molar-refractivity contribution is 6.06. The Bertz CT molecular complexity index is 978. The van der Waals surface area contributed by atoms with E-state index in [1.165, 1.54) is 19.2 Å². The number of anilines is 1. The van der Waals surface area contributed by atoms with Gasteiger partial charge in [0.2, 0.25) is 0 Å². The highest BCUT2D eigenvalue weighted by Gasteiger charge is 2.18. The number of amides is 1. The number of aromatic nitrogens is 1. The summed E-state index contributed by atoms with van der Waals surface area (Å²) in [7, 11) is 3.10. The lowest BCUT2D eigenvalue weighted by atomic mass is 10.2. The van der Waals surface area contributed by atoms with Gasteiger partial charge in [-0.05, 0) is 56.3 Å². The van der Waals surface area contributed by atoms with Gasteiger partial charge in [0.25, 0.3) is 5.91 Å². The maximum Gasteiger partial charge on any atom is 0.257 e. The summed E-state index contributed by atoms with van der Waals surface area (Å²) >= 11 is 0. The molecule has 0 spiro atoms. The Morgan fingerprint density at radius 2 is 1.70 bits per heavy atom. The molecule has 0 saturated carbocycles. The number of carbonyl (C=O) groups is 1. The molecule has 1 N–H and O–H groups in total. The topological polar surface area (TPSA) is 52.5 Å². The number of nitrogens with zero attached hydrogens (tertiary/aromatic N) is 1. The summed E-state index contributed by atoms with van der Waals surface area (Å²) in [6, 6.07) is 13.2. The number of carbonyl (C=O) groups excluding carboxylic acids is 1. The van der Waals surface area contributed by atoms with Gasteiger partial charge in [0.1, 0.15) is 17.3 Å². The van der Waals surface area contributed by atoms with E-state index in [9.17, 15) is 9.18 Å². The van der Waals surface area contributed by atoms with E-state index >= 15 is 0 Å². The second-order valence-electron chi connectivity index (χ2n) is 6.12. The summed E-state index contributed by atoms with van der Waals surface area (Å²) in [5.74, 6) is 0.597. The summed E-state index contributed by atoms with van der Waals surface area (Å²) in [5, 5.41) is 2.88. The van der Waals surface area contributed by atoms with Gasteiger partial charge in [-0.15, -0.1) is 0 Å². The Morgan fingerprint density at radius 3 is 2.33 bits per heavy atom. The third kappa shape index (κ3) is 3.65. The Hall–Kier alpha value is -3.28. The molecular formula is C21H21FN2O3. The van der Waals surface area contributed by atoms with Crippen LogP contribution in [-0.4, -0.2) is 24.7 Å². The summed E-state index contributed by atoms with van der Waals surface area (Å²) in [6.07, 6.45) is 0. The number of halogens is 1. The van der Waals surface area contributed by atoms with Crippen LogP contribution in [0.3, 0.4) is 0 Å². The number of hydrogen-bond donors (Lipinski definition) is 1. The summed E-state index contributed by atoms with van der Waals surface area (Å²) in [6.45, 7) is 3.76. The van der Waals surface area contributed by atoms with Gasteiger partial charge < -0.3 is 19.4 Å². The minimum absolute atomic E-state index is 0.250. The SMILES string of the molecule is COc1ccc(NC(=O)c2cc(C)n(-c3ccc(F)cc3)c2C)c(OC)c1. The van der Waals surface area contributed by atoms with Crippen LogP contribution in [0.5, 0.6) is 11.5 Å². The fourth-order valence-corrected chi connectivity index (χ4v) is 3.07. The summed E-state index contributed by atoms with van der Waals surface area (Å²) in [5.41, 5.74) is 3.53. The summed E-state index contributed by atoms with van der Waals surface area (Å²) < 4.78 is 25.6. The van der Waals surface area contributed by atoms with E-state index in [1.807, 2.05) is 24.5 Å². The zero-order valence-electron chi connectivity index (χ0n) is 15.7. The van der Waals surface area contributed by atoms with E-state index in [0.717, 1.165) is 17.1 Å². The first-order valence-electron chi connectivity index (χ1n) is 8.43. The number of ether oxygens (including phenoxy) is 2. The van der Waals surface area contributed by atoms with Crippen LogP contribution in [0.15, 0.2) is 48.5 Å². The molecule has 6 heteroatoms. The van der Waals surface area contributed by atoms with Crippen LogP contribution in [0.25, 0.3) is 5.69 Å². The van der Waals surface area contributed by atoms with Crippen molar-refractivity contribution in [2.45, 2.75) is 13.8 Å². The molecule has 1 heterocycles. The molecule has 0 unspecified atom stereocenters. The molecule has 0 aliphatic carbocycles. The average molecular weight is 368 g/mol. The van der Waals surface area contributed by atoms with Gasteiger partial charge in [-0.3, -0.25) is 4.79 Å². The Balaban J connectivity index is 1.92. The number of benzene rings is 2. The molecule has 0 fully saturated rings. The molecule has 0 bridgehead atoms. The van der Waals surface area contributed by atoms with Crippen LogP contribution >= 0.6 is 0 Å². The number of rotatable bonds is 5. The first kappa shape index (κ1) is 18.5. The third-order valence-corrected chi connectivity index (χ3v) is 4.42. The van der Waals surface area contributed by atoms with Crippen LogP contribution in [0.1, 0.15) is 21.7 Å². The molecule has 1 aromatic heterocycles. The Labute approximate surface area is 157 Å². The van der Waals surface area contributed by atoms with E-state index in [-0.39, 0.29) is 11.7 Å². The summed E-state index contributed by atoms with van der Waals surface area (Å²) in [4.78, 5) is 12.8. The van der Waals surface area contributed by atoms with Gasteiger partial charge in [0.15, 0.2) is 0 Å². The predicted molar refractivity (Wildman–Crippen MR) is 103 cm³/mol. The quantitative estimate of drug-likeness (QED) is 0.721. The maximum atomic E-state index is 13.2. The zero-order valence-corrected chi connectivity index (χ0v) is 15.7. The molecule has 0 atom stereocenters. The molecule has 0 aliphatic rings. The van der Waals surface area contributed by atoms with Crippen molar-refractivity contribution in [1.29, 1.82) is 0 Å². The standard InChI is InChI=1S/C21H21FN2O3/c1-13-11-18(14(2)24(13)16-7-5-15(22)6-8-16)21(25)23-19-10-9-17(26-3)12-20(19)27-4/h5-12H,1-4H3,(H,23,25). The molecule has 3 rings (SSSR count). The van der Waals surface area contributed by atoms with Crippen LogP contribution in [0.4, 0.5) is 10.1 Å². The van der Waals surface area contributed by atoms with Crippen molar-refractivity contribution in [3.8, 4) is 17.2 Å². The maximum absolute atomic E-state index is 13.2. The predicted octanol–water partition coefficient (Wildman–Crippen LogP) is 4.50. The van der Waals surface area contributed by atoms with Gasteiger partial charge in [0, 0.05) is 23.1 Å². The fourth-order valence-electron chi connectivity index (χ4n) is 3.07. The lowest BCUT2D eigenvalue weighted by Crippen LogP contribution is -2.14. The Kier molecular flexibility index (Phi) is 5.16. The first-order valence-corrected chi connectivity index (χ1v) is 8.43. The number of hydrogen-bond acceptors (Lipinski definition) is 3. The first-order chi connectivity index (χ1) is 12.9. The van der Waals surface area contributed by atoms with Crippen LogP contribution in [0.2, 0.25) is 0 Å². The molecule has 140 valence electrons. The van der Waals surface area contributed by atoms with Crippen molar-refractivity contribution < 1.29 is 18.7 Å². The number of aryl methyl sites for hydroxylation is 1. The lowest BCUT2D eigenvalue weighted by Gasteiger charge is -2.12. The molecule has 0 radical (unpaired) electrons. The van der Waals surface area contributed by atoms with Gasteiger partial charge in [0.05, 0.1) is 25.5 Å². The second-order valence-corrected chi connectivity index (χ2v) is 6.12. The number of nitrogens with one attached hydrogen (secondary N) is 1. The van der Waals surface area contributed by atoms with Crippen LogP contribution < -0.4 is 14.8 Å². The normalized spacial score (nSPS) is 10.6. The molecule has 0 aliphatic heterocycles. The van der Waals surface area contributed by atoms with Crippen molar-refractivity contribution in [1.82, 2.24) is 4.57 Å². The van der Waals surface area contributed by atoms with E-state index in [0.29, 0.717) is 22.7 Å². The van der Waals surface area contributed by atoms with Gasteiger partial charge in [-0.2, -0.15) is 0 Å². The van der Waals surface area contributed by atoms with Crippen LogP contribution in [-0.2, 0) is 0 Å². The monoisotopic (exact) mass is 368 g/mol. The van der Waals surface area contributed by atoms with Crippen molar-refractivity contribution in [2.24, 2.45) is 0 Å². The van der Waals surface area contributed by atoms with E-state index in [4.69, 9.17) is 9.47 Å². The minimum Gasteiger partial charge on any atom is -0.497 e. The van der Waals surface area contributed by atoms with Crippen molar-refractivity contribution in [3.05, 3.63) is 71.3 Å². The average Bonchev–Trinajstić information content (AvgIpc) is 2.97. The highest BCUT2D eigenvalue weighted by Crippen LogP contribution is 2.30. The van der Waals surface area contributed by atoms with Crippen molar-refractivity contribution >= 4 is 11.6 Å². The largest absolute Gasteiger partial charge is 0.497 e. The van der Waals surface area contributed by atoms with Gasteiger partial charge in [-0.1, -0.05) is 0 Å². The molecule has 3 aromatic rings. The molecular weight excluding hydrogens is 347 g/mol. The fraction of sp³-hybridized carbons (Fsp3) is 0.190. The Morgan fingerprint density at radius 1 is 1.00 bits per heavy atom.